The summed E-state index contributed by atoms with van der Waals surface area (Å²) in [5.41, 5.74) is 0.531. The van der Waals surface area contributed by atoms with Crippen molar-refractivity contribution < 1.29 is 24.2 Å². The molecule has 1 heterocycles. The number of nitrogens with zero attached hydrogens (tertiary/aromatic N) is 1. The van der Waals surface area contributed by atoms with Crippen LogP contribution in [0.3, 0.4) is 0 Å². The van der Waals surface area contributed by atoms with E-state index in [9.17, 15) is 14.7 Å². The first-order chi connectivity index (χ1) is 11.6. The zero-order valence-electron chi connectivity index (χ0n) is 15.5. The highest BCUT2D eigenvalue weighted by Gasteiger charge is 2.42. The molecule has 0 bridgehead atoms. The molecule has 1 fully saturated rings. The summed E-state index contributed by atoms with van der Waals surface area (Å²) in [6, 6.07) is 6.81. The summed E-state index contributed by atoms with van der Waals surface area (Å²) in [5.74, 6) is 0.0521. The molecule has 1 aliphatic heterocycles. The van der Waals surface area contributed by atoms with E-state index in [1.807, 2.05) is 24.3 Å². The van der Waals surface area contributed by atoms with E-state index < -0.39 is 23.7 Å². The van der Waals surface area contributed by atoms with E-state index in [0.717, 1.165) is 0 Å². The summed E-state index contributed by atoms with van der Waals surface area (Å²) in [4.78, 5) is 25.0. The average molecular weight is 349 g/mol. The molecule has 138 valence electrons. The molecule has 1 aliphatic rings. The summed E-state index contributed by atoms with van der Waals surface area (Å²) in [7, 11) is 0. The second-order valence-electron chi connectivity index (χ2n) is 7.69. The number of ether oxygens (including phenoxy) is 2. The lowest BCUT2D eigenvalue weighted by Crippen LogP contribution is -2.43. The van der Waals surface area contributed by atoms with Gasteiger partial charge in [-0.25, -0.2) is 9.59 Å². The van der Waals surface area contributed by atoms with E-state index >= 15 is 0 Å². The van der Waals surface area contributed by atoms with E-state index in [4.69, 9.17) is 9.47 Å². The molecule has 0 aromatic heterocycles. The minimum absolute atomic E-state index is 0.192. The van der Waals surface area contributed by atoms with Gasteiger partial charge in [0.05, 0.1) is 6.54 Å². The van der Waals surface area contributed by atoms with Crippen LogP contribution in [0.4, 0.5) is 4.79 Å². The number of hydrogen-bond donors (Lipinski definition) is 1. The van der Waals surface area contributed by atoms with Crippen LogP contribution in [0.25, 0.3) is 0 Å². The second-order valence-corrected chi connectivity index (χ2v) is 7.69. The molecule has 1 aromatic rings. The summed E-state index contributed by atoms with van der Waals surface area (Å²) < 4.78 is 11.2. The first kappa shape index (κ1) is 19.1. The smallest absolute Gasteiger partial charge is 0.411 e. The van der Waals surface area contributed by atoms with Gasteiger partial charge in [-0.05, 0) is 44.4 Å². The molecule has 1 aromatic carbocycles. The van der Waals surface area contributed by atoms with Crippen molar-refractivity contribution in [3.63, 3.8) is 0 Å². The Hall–Kier alpha value is -2.24. The summed E-state index contributed by atoms with van der Waals surface area (Å²) >= 11 is 0. The third kappa shape index (κ3) is 5.11. The molecular weight excluding hydrogens is 322 g/mol. The predicted octanol–water partition coefficient (Wildman–Crippen LogP) is 3.65. The molecular formula is C19H27NO5. The Balaban J connectivity index is 2.06. The average Bonchev–Trinajstić information content (AvgIpc) is 2.90. The van der Waals surface area contributed by atoms with Gasteiger partial charge in [0.2, 0.25) is 0 Å². The van der Waals surface area contributed by atoms with E-state index in [1.165, 1.54) is 10.5 Å². The van der Waals surface area contributed by atoms with Crippen molar-refractivity contribution in [2.45, 2.75) is 64.7 Å². The molecule has 2 rings (SSSR count). The van der Waals surface area contributed by atoms with Crippen molar-refractivity contribution >= 4 is 12.1 Å². The van der Waals surface area contributed by atoms with Crippen LogP contribution in [0, 0.1) is 0 Å². The van der Waals surface area contributed by atoms with Crippen molar-refractivity contribution in [3.8, 4) is 5.75 Å². The Morgan fingerprint density at radius 1 is 1.20 bits per heavy atom. The van der Waals surface area contributed by atoms with Crippen molar-refractivity contribution in [2.75, 3.05) is 6.54 Å². The number of carbonyl (C=O) groups is 2. The molecule has 2 atom stereocenters. The third-order valence-electron chi connectivity index (χ3n) is 4.03. The molecule has 1 saturated heterocycles. The number of benzene rings is 1. The van der Waals surface area contributed by atoms with Crippen LogP contribution in [0.1, 0.15) is 52.5 Å². The van der Waals surface area contributed by atoms with Crippen molar-refractivity contribution in [1.82, 2.24) is 4.90 Å². The topological polar surface area (TPSA) is 76.1 Å². The Bertz CT molecular complexity index is 618. The van der Waals surface area contributed by atoms with Crippen LogP contribution >= 0.6 is 0 Å². The van der Waals surface area contributed by atoms with Crippen LogP contribution in [0.5, 0.6) is 5.75 Å². The fourth-order valence-corrected chi connectivity index (χ4v) is 2.76. The second kappa shape index (κ2) is 7.33. The van der Waals surface area contributed by atoms with Crippen LogP contribution in [0.15, 0.2) is 24.3 Å². The normalized spacial score (nSPS) is 20.6. The predicted molar refractivity (Wildman–Crippen MR) is 93.9 cm³/mol. The zero-order chi connectivity index (χ0) is 18.8. The van der Waals surface area contributed by atoms with Gasteiger partial charge >= 0.3 is 12.1 Å². The highest BCUT2D eigenvalue weighted by Crippen LogP contribution is 2.26. The first-order valence-electron chi connectivity index (χ1n) is 8.56. The Kier molecular flexibility index (Phi) is 5.60. The lowest BCUT2D eigenvalue weighted by Gasteiger charge is -2.26. The number of amides is 1. The Morgan fingerprint density at radius 3 is 2.28 bits per heavy atom. The SMILES string of the molecule is CC(C)c1ccc(O[C@H]2C[C@@H](C(=O)O)N(C(=O)OC(C)(C)C)C2)cc1. The number of hydrogen-bond acceptors (Lipinski definition) is 4. The minimum atomic E-state index is -1.05. The maximum absolute atomic E-state index is 12.3. The van der Waals surface area contributed by atoms with Gasteiger partial charge in [-0.1, -0.05) is 26.0 Å². The van der Waals surface area contributed by atoms with Crippen LogP contribution in [0.2, 0.25) is 0 Å². The molecule has 0 spiro atoms. The van der Waals surface area contributed by atoms with Gasteiger partial charge in [-0.2, -0.15) is 0 Å². The molecule has 1 N–H and O–H groups in total. The van der Waals surface area contributed by atoms with E-state index in [2.05, 4.69) is 13.8 Å². The summed E-state index contributed by atoms with van der Waals surface area (Å²) in [6.07, 6.45) is -0.764. The number of carboxylic acid groups (broad SMARTS) is 1. The molecule has 1 amide bonds. The van der Waals surface area contributed by atoms with Crippen LogP contribution < -0.4 is 4.74 Å². The lowest BCUT2D eigenvalue weighted by atomic mass is 10.0. The van der Waals surface area contributed by atoms with Gasteiger partial charge in [0, 0.05) is 6.42 Å². The maximum atomic E-state index is 12.3. The van der Waals surface area contributed by atoms with Gasteiger partial charge in [0.25, 0.3) is 0 Å². The summed E-state index contributed by atoms with van der Waals surface area (Å²) in [5, 5.41) is 9.41. The number of likely N-dealkylation sites (tertiary alicyclic amines) is 1. The molecule has 0 unspecified atom stereocenters. The van der Waals surface area contributed by atoms with Gasteiger partial charge in [-0.3, -0.25) is 4.90 Å². The molecule has 0 radical (unpaired) electrons. The minimum Gasteiger partial charge on any atom is -0.488 e. The molecule has 6 heteroatoms. The number of carbonyl (C=O) groups excluding carboxylic acids is 1. The van der Waals surface area contributed by atoms with E-state index in [0.29, 0.717) is 11.7 Å². The standard InChI is InChI=1S/C19H27NO5/c1-12(2)13-6-8-14(9-7-13)24-15-10-16(17(21)22)20(11-15)18(23)25-19(3,4)5/h6-9,12,15-16H,10-11H2,1-5H3,(H,21,22)/t15-,16-/m0/s1. The number of aliphatic carboxylic acids is 1. The third-order valence-corrected chi connectivity index (χ3v) is 4.03. The van der Waals surface area contributed by atoms with Gasteiger partial charge in [-0.15, -0.1) is 0 Å². The van der Waals surface area contributed by atoms with Crippen molar-refractivity contribution in [1.29, 1.82) is 0 Å². The largest absolute Gasteiger partial charge is 0.488 e. The highest BCUT2D eigenvalue weighted by atomic mass is 16.6. The zero-order valence-corrected chi connectivity index (χ0v) is 15.5. The molecule has 0 aliphatic carbocycles. The van der Waals surface area contributed by atoms with Crippen molar-refractivity contribution in [3.05, 3.63) is 29.8 Å². The van der Waals surface area contributed by atoms with Crippen LogP contribution in [-0.4, -0.2) is 46.4 Å². The molecule has 6 nitrogen and oxygen atoms in total. The van der Waals surface area contributed by atoms with E-state index in [-0.39, 0.29) is 19.1 Å². The quantitative estimate of drug-likeness (QED) is 0.898. The van der Waals surface area contributed by atoms with Gasteiger partial charge < -0.3 is 14.6 Å². The fourth-order valence-electron chi connectivity index (χ4n) is 2.76. The number of rotatable bonds is 4. The van der Waals surface area contributed by atoms with Gasteiger partial charge in [0.15, 0.2) is 0 Å². The maximum Gasteiger partial charge on any atom is 0.411 e. The Labute approximate surface area is 148 Å². The number of carboxylic acids is 1. The lowest BCUT2D eigenvalue weighted by molar-refractivity contribution is -0.142. The molecule has 25 heavy (non-hydrogen) atoms. The fraction of sp³-hybridized carbons (Fsp3) is 0.579. The summed E-state index contributed by atoms with van der Waals surface area (Å²) in [6.45, 7) is 9.67. The highest BCUT2D eigenvalue weighted by molar-refractivity contribution is 5.81. The Morgan fingerprint density at radius 2 is 1.80 bits per heavy atom. The monoisotopic (exact) mass is 349 g/mol. The van der Waals surface area contributed by atoms with Gasteiger partial charge in [0.1, 0.15) is 23.5 Å². The van der Waals surface area contributed by atoms with Crippen LogP contribution in [-0.2, 0) is 9.53 Å². The molecule has 0 saturated carbocycles. The first-order valence-corrected chi connectivity index (χ1v) is 8.56. The van der Waals surface area contributed by atoms with E-state index in [1.54, 1.807) is 20.8 Å². The van der Waals surface area contributed by atoms with Crippen molar-refractivity contribution in [2.24, 2.45) is 0 Å².